The van der Waals surface area contributed by atoms with Gasteiger partial charge in [-0.25, -0.2) is 4.98 Å². The molecule has 1 saturated heterocycles. The van der Waals surface area contributed by atoms with Crippen LogP contribution in [0.25, 0.3) is 0 Å². The summed E-state index contributed by atoms with van der Waals surface area (Å²) < 4.78 is 6.19. The normalized spacial score (nSPS) is 22.8. The van der Waals surface area contributed by atoms with Gasteiger partial charge in [0.25, 0.3) is 0 Å². The number of ether oxygens (including phenoxy) is 1. The van der Waals surface area contributed by atoms with Crippen LogP contribution >= 0.6 is 0 Å². The smallest absolute Gasteiger partial charge is 0.213 e. The first kappa shape index (κ1) is 16.8. The van der Waals surface area contributed by atoms with Crippen molar-refractivity contribution in [1.82, 2.24) is 14.8 Å². The van der Waals surface area contributed by atoms with Crippen molar-refractivity contribution in [2.45, 2.75) is 70.6 Å². The molecule has 1 N–H and O–H groups in total. The maximum Gasteiger partial charge on any atom is 0.213 e. The second-order valence-electron chi connectivity index (χ2n) is 7.97. The lowest BCUT2D eigenvalue weighted by molar-refractivity contribution is 0.0474. The van der Waals surface area contributed by atoms with Crippen LogP contribution < -0.4 is 4.74 Å². The minimum absolute atomic E-state index is 0.289. The largest absolute Gasteiger partial charge is 0.474 e. The molecule has 25 heavy (non-hydrogen) atoms. The van der Waals surface area contributed by atoms with Crippen molar-refractivity contribution in [1.29, 1.82) is 5.41 Å². The third-order valence-corrected chi connectivity index (χ3v) is 6.06. The Hall–Kier alpha value is -1.62. The Morgan fingerprint density at radius 2 is 1.88 bits per heavy atom. The summed E-state index contributed by atoms with van der Waals surface area (Å²) in [6, 6.07) is 5.18. The Morgan fingerprint density at radius 3 is 2.52 bits per heavy atom. The summed E-state index contributed by atoms with van der Waals surface area (Å²) in [5, 5.41) is 8.41. The van der Waals surface area contributed by atoms with E-state index in [0.29, 0.717) is 11.9 Å². The molecule has 1 aromatic heterocycles. The van der Waals surface area contributed by atoms with Crippen LogP contribution in [0.15, 0.2) is 12.1 Å². The molecule has 4 rings (SSSR count). The molecule has 136 valence electrons. The number of aromatic nitrogens is 1. The summed E-state index contributed by atoms with van der Waals surface area (Å²) in [5.74, 6) is 1.34. The van der Waals surface area contributed by atoms with Crippen molar-refractivity contribution in [3.05, 3.63) is 23.4 Å². The zero-order valence-corrected chi connectivity index (χ0v) is 15.5. The molecule has 1 saturated carbocycles. The molecule has 2 aliphatic heterocycles. The predicted octanol–water partition coefficient (Wildman–Crippen LogP) is 3.07. The lowest BCUT2D eigenvalue weighted by Gasteiger charge is -2.41. The van der Waals surface area contributed by atoms with Crippen molar-refractivity contribution < 1.29 is 4.74 Å². The zero-order chi connectivity index (χ0) is 17.4. The lowest BCUT2D eigenvalue weighted by Crippen LogP contribution is -2.46. The number of nitrogens with one attached hydrogen (secondary N) is 1. The minimum atomic E-state index is 0.289. The molecule has 0 atom stereocenters. The second-order valence-corrected chi connectivity index (χ2v) is 7.97. The van der Waals surface area contributed by atoms with Gasteiger partial charge in [0.15, 0.2) is 0 Å². The van der Waals surface area contributed by atoms with E-state index in [2.05, 4.69) is 23.6 Å². The van der Waals surface area contributed by atoms with Gasteiger partial charge in [-0.1, -0.05) is 6.42 Å². The molecule has 0 amide bonds. The van der Waals surface area contributed by atoms with E-state index in [1.165, 1.54) is 19.3 Å². The van der Waals surface area contributed by atoms with Crippen LogP contribution in [-0.2, 0) is 6.42 Å². The first-order valence-electron chi connectivity index (χ1n) is 9.88. The molecule has 0 unspecified atom stereocenters. The summed E-state index contributed by atoms with van der Waals surface area (Å²) in [6.07, 6.45) is 7.57. The summed E-state index contributed by atoms with van der Waals surface area (Å²) in [5.41, 5.74) is 1.98. The number of pyridine rings is 1. The predicted molar refractivity (Wildman–Crippen MR) is 99.5 cm³/mol. The maximum atomic E-state index is 8.41. The third-order valence-electron chi connectivity index (χ3n) is 6.06. The Balaban J connectivity index is 1.37. The molecule has 5 heteroatoms. The molecular weight excluding hydrogens is 312 g/mol. The van der Waals surface area contributed by atoms with E-state index in [0.717, 1.165) is 62.1 Å². The van der Waals surface area contributed by atoms with Gasteiger partial charge >= 0.3 is 0 Å². The van der Waals surface area contributed by atoms with Gasteiger partial charge in [0.2, 0.25) is 5.88 Å². The van der Waals surface area contributed by atoms with Gasteiger partial charge in [-0.05, 0) is 45.6 Å². The molecule has 3 aliphatic rings. The Kier molecular flexibility index (Phi) is 4.67. The van der Waals surface area contributed by atoms with E-state index in [4.69, 9.17) is 15.1 Å². The highest BCUT2D eigenvalue weighted by Gasteiger charge is 2.30. The average Bonchev–Trinajstić information content (AvgIpc) is 2.55. The molecule has 0 radical (unpaired) electrons. The fraction of sp³-hybridized carbons (Fsp3) is 0.700. The zero-order valence-electron chi connectivity index (χ0n) is 15.5. The number of hydrogen-bond donors (Lipinski definition) is 1. The molecule has 2 fully saturated rings. The van der Waals surface area contributed by atoms with Crippen LogP contribution in [0.1, 0.15) is 57.2 Å². The second kappa shape index (κ2) is 6.94. The van der Waals surface area contributed by atoms with Crippen molar-refractivity contribution in [2.24, 2.45) is 0 Å². The van der Waals surface area contributed by atoms with Crippen molar-refractivity contribution in [3.8, 4) is 5.88 Å². The third kappa shape index (κ3) is 3.39. The number of rotatable bonds is 4. The van der Waals surface area contributed by atoms with Crippen LogP contribution in [-0.4, -0.2) is 58.4 Å². The number of likely N-dealkylation sites (tertiary alicyclic amines) is 1. The van der Waals surface area contributed by atoms with E-state index in [1.54, 1.807) is 0 Å². The Bertz CT molecular complexity index is 633. The van der Waals surface area contributed by atoms with Crippen LogP contribution in [0.3, 0.4) is 0 Å². The van der Waals surface area contributed by atoms with E-state index in [9.17, 15) is 0 Å². The number of hydrogen-bond acceptors (Lipinski definition) is 4. The summed E-state index contributed by atoms with van der Waals surface area (Å²) >= 11 is 0. The van der Waals surface area contributed by atoms with Crippen LogP contribution in [0.5, 0.6) is 5.88 Å². The van der Waals surface area contributed by atoms with Gasteiger partial charge in [-0.2, -0.15) is 0 Å². The summed E-state index contributed by atoms with van der Waals surface area (Å²) in [4.78, 5) is 9.51. The molecule has 5 nitrogen and oxygen atoms in total. The quantitative estimate of drug-likeness (QED) is 0.914. The highest BCUT2D eigenvalue weighted by atomic mass is 16.5. The molecule has 0 spiro atoms. The van der Waals surface area contributed by atoms with Crippen LogP contribution in [0.4, 0.5) is 0 Å². The van der Waals surface area contributed by atoms with Gasteiger partial charge in [-0.3, -0.25) is 5.41 Å². The van der Waals surface area contributed by atoms with Gasteiger partial charge in [0.1, 0.15) is 11.9 Å². The monoisotopic (exact) mass is 342 g/mol. The van der Waals surface area contributed by atoms with Crippen molar-refractivity contribution in [2.75, 3.05) is 19.6 Å². The van der Waals surface area contributed by atoms with E-state index < -0.39 is 0 Å². The minimum Gasteiger partial charge on any atom is -0.474 e. The molecule has 3 heterocycles. The van der Waals surface area contributed by atoms with Crippen molar-refractivity contribution >= 4 is 5.84 Å². The molecular formula is C20H30N4O. The first-order valence-corrected chi connectivity index (χ1v) is 9.88. The highest BCUT2D eigenvalue weighted by molar-refractivity contribution is 5.98. The topological polar surface area (TPSA) is 52.5 Å². The maximum absolute atomic E-state index is 8.41. The summed E-state index contributed by atoms with van der Waals surface area (Å²) in [6.45, 7) is 7.48. The number of fused-ring (bicyclic) bond motifs is 1. The van der Waals surface area contributed by atoms with E-state index >= 15 is 0 Å². The summed E-state index contributed by atoms with van der Waals surface area (Å²) in [7, 11) is 0. The number of amidine groups is 1. The lowest BCUT2D eigenvalue weighted by atomic mass is 9.90. The number of nitrogens with zero attached hydrogens (tertiary/aromatic N) is 3. The van der Waals surface area contributed by atoms with Crippen molar-refractivity contribution in [3.63, 3.8) is 0 Å². The van der Waals surface area contributed by atoms with Gasteiger partial charge in [0, 0.05) is 49.8 Å². The van der Waals surface area contributed by atoms with Crippen LogP contribution in [0.2, 0.25) is 0 Å². The van der Waals surface area contributed by atoms with E-state index in [-0.39, 0.29) is 6.10 Å². The first-order chi connectivity index (χ1) is 12.1. The SMILES string of the molecule is CC(C)N1CCc2nc(OC3CCN(C4CCC4)CC3)ccc2C1=N. The fourth-order valence-electron chi connectivity index (χ4n) is 4.24. The standard InChI is InChI=1S/C20H30N4O/c1-14(2)24-13-10-18-17(20(24)21)6-7-19(22-18)25-16-8-11-23(12-9-16)15-4-3-5-15/h6-7,14-16,21H,3-5,8-13H2,1-2H3. The Morgan fingerprint density at radius 1 is 1.12 bits per heavy atom. The van der Waals surface area contributed by atoms with Gasteiger partial charge < -0.3 is 14.5 Å². The van der Waals surface area contributed by atoms with E-state index in [1.807, 2.05) is 12.1 Å². The van der Waals surface area contributed by atoms with Gasteiger partial charge in [0.05, 0.1) is 5.69 Å². The highest BCUT2D eigenvalue weighted by Crippen LogP contribution is 2.29. The average molecular weight is 342 g/mol. The Labute approximate surface area is 150 Å². The molecule has 0 aromatic carbocycles. The molecule has 0 bridgehead atoms. The molecule has 1 aliphatic carbocycles. The number of piperidine rings is 1. The fourth-order valence-corrected chi connectivity index (χ4v) is 4.24. The van der Waals surface area contributed by atoms with Gasteiger partial charge in [-0.15, -0.1) is 0 Å². The molecule has 1 aromatic rings. The van der Waals surface area contributed by atoms with Crippen LogP contribution in [0, 0.1) is 5.41 Å².